The fourth-order valence-corrected chi connectivity index (χ4v) is 2.48. The van der Waals surface area contributed by atoms with Crippen LogP contribution >= 0.6 is 0 Å². The highest BCUT2D eigenvalue weighted by Gasteiger charge is 2.03. The SMILES string of the molecule is CCOc1ccc2nc(/C=C/C=C/c3ccccc3)cc(N)c2c1. The number of pyridine rings is 1. The molecular weight excluding hydrogens is 296 g/mol. The molecule has 0 unspecified atom stereocenters. The molecule has 2 aromatic carbocycles. The van der Waals surface area contributed by atoms with E-state index in [9.17, 15) is 0 Å². The molecule has 2 N–H and O–H groups in total. The summed E-state index contributed by atoms with van der Waals surface area (Å²) in [5.41, 5.74) is 9.74. The van der Waals surface area contributed by atoms with E-state index in [2.05, 4.69) is 23.2 Å². The Morgan fingerprint density at radius 3 is 2.58 bits per heavy atom. The minimum absolute atomic E-state index is 0.632. The van der Waals surface area contributed by atoms with Gasteiger partial charge in [0.1, 0.15) is 5.75 Å². The second-order valence-corrected chi connectivity index (χ2v) is 5.38. The lowest BCUT2D eigenvalue weighted by Crippen LogP contribution is -1.95. The van der Waals surface area contributed by atoms with Gasteiger partial charge in [0.25, 0.3) is 0 Å². The van der Waals surface area contributed by atoms with Crippen molar-refractivity contribution in [3.05, 3.63) is 78.0 Å². The first kappa shape index (κ1) is 15.8. The Kier molecular flexibility index (Phi) is 4.92. The van der Waals surface area contributed by atoms with Crippen LogP contribution in [0.4, 0.5) is 5.69 Å². The fourth-order valence-electron chi connectivity index (χ4n) is 2.48. The van der Waals surface area contributed by atoms with Crippen LogP contribution in [-0.4, -0.2) is 11.6 Å². The summed E-state index contributed by atoms with van der Waals surface area (Å²) in [7, 11) is 0. The summed E-state index contributed by atoms with van der Waals surface area (Å²) in [6.45, 7) is 2.59. The third kappa shape index (κ3) is 3.82. The van der Waals surface area contributed by atoms with E-state index >= 15 is 0 Å². The summed E-state index contributed by atoms with van der Waals surface area (Å²) in [6, 6.07) is 17.8. The summed E-state index contributed by atoms with van der Waals surface area (Å²) in [5, 5.41) is 0.915. The topological polar surface area (TPSA) is 48.1 Å². The number of ether oxygens (including phenoxy) is 1. The predicted molar refractivity (Wildman–Crippen MR) is 102 cm³/mol. The number of nitrogens with zero attached hydrogens (tertiary/aromatic N) is 1. The molecule has 0 bridgehead atoms. The molecule has 24 heavy (non-hydrogen) atoms. The van der Waals surface area contributed by atoms with Crippen LogP contribution in [0.3, 0.4) is 0 Å². The quantitative estimate of drug-likeness (QED) is 0.678. The number of rotatable bonds is 5. The zero-order chi connectivity index (χ0) is 16.8. The van der Waals surface area contributed by atoms with E-state index < -0.39 is 0 Å². The minimum atomic E-state index is 0.632. The van der Waals surface area contributed by atoms with Gasteiger partial charge in [-0.25, -0.2) is 4.98 Å². The molecule has 1 aromatic heterocycles. The zero-order valence-electron chi connectivity index (χ0n) is 13.6. The van der Waals surface area contributed by atoms with Gasteiger partial charge in [-0.05, 0) is 42.8 Å². The molecule has 0 amide bonds. The molecule has 1 heterocycles. The lowest BCUT2D eigenvalue weighted by molar-refractivity contribution is 0.340. The van der Waals surface area contributed by atoms with E-state index in [1.165, 1.54) is 0 Å². The highest BCUT2D eigenvalue weighted by molar-refractivity contribution is 5.92. The Bertz CT molecular complexity index is 883. The van der Waals surface area contributed by atoms with Crippen LogP contribution in [-0.2, 0) is 0 Å². The van der Waals surface area contributed by atoms with Crippen molar-refractivity contribution in [3.8, 4) is 5.75 Å². The molecule has 0 spiro atoms. The Hall–Kier alpha value is -3.07. The molecule has 120 valence electrons. The van der Waals surface area contributed by atoms with Crippen molar-refractivity contribution < 1.29 is 4.74 Å². The summed E-state index contributed by atoms with van der Waals surface area (Å²) in [6.07, 6.45) is 7.96. The molecule has 0 aliphatic rings. The number of fused-ring (bicyclic) bond motifs is 1. The van der Waals surface area contributed by atoms with Gasteiger partial charge in [0, 0.05) is 11.1 Å². The normalized spacial score (nSPS) is 11.5. The van der Waals surface area contributed by atoms with E-state index in [1.54, 1.807) is 0 Å². The maximum atomic E-state index is 6.17. The zero-order valence-corrected chi connectivity index (χ0v) is 13.6. The average molecular weight is 316 g/mol. The molecular formula is C21H20N2O. The van der Waals surface area contributed by atoms with Crippen LogP contribution in [0.1, 0.15) is 18.2 Å². The van der Waals surface area contributed by atoms with Gasteiger partial charge in [0.05, 0.1) is 17.8 Å². The molecule has 0 saturated heterocycles. The first-order valence-corrected chi connectivity index (χ1v) is 7.99. The number of allylic oxidation sites excluding steroid dienone is 2. The smallest absolute Gasteiger partial charge is 0.120 e. The van der Waals surface area contributed by atoms with Gasteiger partial charge in [-0.1, -0.05) is 48.6 Å². The number of benzene rings is 2. The van der Waals surface area contributed by atoms with Gasteiger partial charge in [-0.3, -0.25) is 0 Å². The predicted octanol–water partition coefficient (Wildman–Crippen LogP) is 4.94. The van der Waals surface area contributed by atoms with Gasteiger partial charge in [0.2, 0.25) is 0 Å². The van der Waals surface area contributed by atoms with Crippen molar-refractivity contribution in [2.45, 2.75) is 6.92 Å². The number of hydrogen-bond acceptors (Lipinski definition) is 3. The van der Waals surface area contributed by atoms with E-state index in [1.807, 2.05) is 67.6 Å². The van der Waals surface area contributed by atoms with Crippen molar-refractivity contribution in [3.63, 3.8) is 0 Å². The first-order valence-electron chi connectivity index (χ1n) is 7.99. The highest BCUT2D eigenvalue weighted by Crippen LogP contribution is 2.25. The number of nitrogen functional groups attached to an aromatic ring is 1. The Balaban J connectivity index is 1.81. The number of nitrogens with two attached hydrogens (primary N) is 1. The van der Waals surface area contributed by atoms with Gasteiger partial charge in [-0.2, -0.15) is 0 Å². The molecule has 0 saturated carbocycles. The van der Waals surface area contributed by atoms with Crippen LogP contribution in [0.5, 0.6) is 5.75 Å². The van der Waals surface area contributed by atoms with Crippen molar-refractivity contribution in [2.24, 2.45) is 0 Å². The molecule has 3 aromatic rings. The summed E-state index contributed by atoms with van der Waals surface area (Å²) in [4.78, 5) is 4.63. The first-order chi connectivity index (χ1) is 11.8. The monoisotopic (exact) mass is 316 g/mol. The molecule has 3 rings (SSSR count). The Morgan fingerprint density at radius 1 is 1.00 bits per heavy atom. The van der Waals surface area contributed by atoms with Crippen LogP contribution in [0, 0.1) is 0 Å². The summed E-state index contributed by atoms with van der Waals surface area (Å²) in [5.74, 6) is 0.813. The molecule has 3 heteroatoms. The van der Waals surface area contributed by atoms with Crippen LogP contribution < -0.4 is 10.5 Å². The molecule has 0 fully saturated rings. The van der Waals surface area contributed by atoms with Crippen molar-refractivity contribution >= 4 is 28.7 Å². The standard InChI is InChI=1S/C21H20N2O/c1-2-24-18-12-13-21-19(15-18)20(22)14-17(23-21)11-7-6-10-16-8-4-3-5-9-16/h3-15H,2H2,1H3,(H2,22,23)/b10-6+,11-7+. The maximum absolute atomic E-state index is 6.17. The number of anilines is 1. The van der Waals surface area contributed by atoms with Crippen LogP contribution in [0.2, 0.25) is 0 Å². The number of hydrogen-bond donors (Lipinski definition) is 1. The van der Waals surface area contributed by atoms with Gasteiger partial charge >= 0.3 is 0 Å². The van der Waals surface area contributed by atoms with Crippen LogP contribution in [0.25, 0.3) is 23.1 Å². The molecule has 0 radical (unpaired) electrons. The second kappa shape index (κ2) is 7.47. The fraction of sp³-hybridized carbons (Fsp3) is 0.0952. The third-order valence-electron chi connectivity index (χ3n) is 3.61. The van der Waals surface area contributed by atoms with E-state index in [4.69, 9.17) is 10.5 Å². The Morgan fingerprint density at radius 2 is 1.79 bits per heavy atom. The second-order valence-electron chi connectivity index (χ2n) is 5.38. The van der Waals surface area contributed by atoms with Gasteiger partial charge < -0.3 is 10.5 Å². The summed E-state index contributed by atoms with van der Waals surface area (Å²) < 4.78 is 5.51. The third-order valence-corrected chi connectivity index (χ3v) is 3.61. The molecule has 0 aliphatic carbocycles. The van der Waals surface area contributed by atoms with E-state index in [0.29, 0.717) is 12.3 Å². The Labute approximate surface area is 142 Å². The largest absolute Gasteiger partial charge is 0.494 e. The molecule has 3 nitrogen and oxygen atoms in total. The van der Waals surface area contributed by atoms with Gasteiger partial charge in [-0.15, -0.1) is 0 Å². The van der Waals surface area contributed by atoms with Gasteiger partial charge in [0.15, 0.2) is 0 Å². The highest BCUT2D eigenvalue weighted by atomic mass is 16.5. The van der Waals surface area contributed by atoms with E-state index in [-0.39, 0.29) is 0 Å². The molecule has 0 atom stereocenters. The van der Waals surface area contributed by atoms with E-state index in [0.717, 1.165) is 27.9 Å². The lowest BCUT2D eigenvalue weighted by Gasteiger charge is -2.07. The van der Waals surface area contributed by atoms with Crippen molar-refractivity contribution in [2.75, 3.05) is 12.3 Å². The van der Waals surface area contributed by atoms with Crippen LogP contribution in [0.15, 0.2) is 66.7 Å². The molecule has 0 aliphatic heterocycles. The average Bonchev–Trinajstić information content (AvgIpc) is 2.60. The number of aromatic nitrogens is 1. The lowest BCUT2D eigenvalue weighted by atomic mass is 10.1. The maximum Gasteiger partial charge on any atom is 0.120 e. The van der Waals surface area contributed by atoms with Crippen molar-refractivity contribution in [1.82, 2.24) is 4.98 Å². The summed E-state index contributed by atoms with van der Waals surface area (Å²) >= 11 is 0. The minimum Gasteiger partial charge on any atom is -0.494 e. The van der Waals surface area contributed by atoms with Crippen molar-refractivity contribution in [1.29, 1.82) is 0 Å².